The Balaban J connectivity index is 1.99. The maximum absolute atomic E-state index is 12.2. The number of carbonyl (C=O) groups is 1. The lowest BCUT2D eigenvalue weighted by Gasteiger charge is -2.46. The summed E-state index contributed by atoms with van der Waals surface area (Å²) < 4.78 is 0. The van der Waals surface area contributed by atoms with Gasteiger partial charge in [0.05, 0.1) is 11.5 Å². The molecule has 2 atom stereocenters. The minimum absolute atomic E-state index is 0.0539. The lowest BCUT2D eigenvalue weighted by atomic mass is 9.71. The topological polar surface area (TPSA) is 52.6 Å². The molecule has 4 nitrogen and oxygen atoms in total. The zero-order valence-electron chi connectivity index (χ0n) is 12.1. The van der Waals surface area contributed by atoms with Crippen LogP contribution >= 0.6 is 0 Å². The van der Waals surface area contributed by atoms with E-state index < -0.39 is 11.5 Å². The predicted molar refractivity (Wildman–Crippen MR) is 75.8 cm³/mol. The minimum Gasteiger partial charge on any atom is -0.392 e. The summed E-state index contributed by atoms with van der Waals surface area (Å²) >= 11 is 0. The molecule has 4 heteroatoms. The predicted octanol–water partition coefficient (Wildman–Crippen LogP) is 1.31. The summed E-state index contributed by atoms with van der Waals surface area (Å²) in [7, 11) is 0. The molecule has 1 amide bonds. The van der Waals surface area contributed by atoms with Gasteiger partial charge >= 0.3 is 0 Å². The summed E-state index contributed by atoms with van der Waals surface area (Å²) in [4.78, 5) is 14.5. The number of rotatable bonds is 3. The van der Waals surface area contributed by atoms with Crippen molar-refractivity contribution in [3.05, 3.63) is 11.6 Å². The van der Waals surface area contributed by atoms with Crippen molar-refractivity contribution in [2.24, 2.45) is 5.41 Å². The fourth-order valence-corrected chi connectivity index (χ4v) is 3.26. The SMILES string of the molecule is CC(C)=CCCN1CC[C@@H](O)[C@@]2(CCCNC2=O)C1. The largest absolute Gasteiger partial charge is 0.392 e. The molecule has 2 fully saturated rings. The summed E-state index contributed by atoms with van der Waals surface area (Å²) in [5.74, 6) is 0.0539. The molecular formula is C15H26N2O2. The Hall–Kier alpha value is -0.870. The Morgan fingerprint density at radius 3 is 3.05 bits per heavy atom. The van der Waals surface area contributed by atoms with Crippen LogP contribution in [-0.2, 0) is 4.79 Å². The molecule has 2 rings (SSSR count). The van der Waals surface area contributed by atoms with Crippen LogP contribution in [0.2, 0.25) is 0 Å². The van der Waals surface area contributed by atoms with Crippen molar-refractivity contribution in [3.8, 4) is 0 Å². The van der Waals surface area contributed by atoms with Crippen LogP contribution in [0, 0.1) is 5.41 Å². The molecule has 19 heavy (non-hydrogen) atoms. The van der Waals surface area contributed by atoms with Crippen LogP contribution in [0.15, 0.2) is 11.6 Å². The summed E-state index contributed by atoms with van der Waals surface area (Å²) in [6.07, 6.45) is 5.29. The first kappa shape index (κ1) is 14.5. The van der Waals surface area contributed by atoms with Gasteiger partial charge in [-0.25, -0.2) is 0 Å². The normalized spacial score (nSPS) is 32.2. The second-order valence-electron chi connectivity index (χ2n) is 6.17. The van der Waals surface area contributed by atoms with Gasteiger partial charge in [-0.15, -0.1) is 0 Å². The molecule has 2 N–H and O–H groups in total. The average Bonchev–Trinajstić information content (AvgIpc) is 2.37. The smallest absolute Gasteiger partial charge is 0.230 e. The van der Waals surface area contributed by atoms with Crippen LogP contribution in [0.1, 0.15) is 39.5 Å². The summed E-state index contributed by atoms with van der Waals surface area (Å²) in [6, 6.07) is 0. The van der Waals surface area contributed by atoms with E-state index in [0.717, 1.165) is 38.9 Å². The van der Waals surface area contributed by atoms with Gasteiger partial charge in [0.25, 0.3) is 0 Å². The third-order valence-corrected chi connectivity index (χ3v) is 4.40. The van der Waals surface area contributed by atoms with Gasteiger partial charge in [-0.2, -0.15) is 0 Å². The first-order valence-corrected chi connectivity index (χ1v) is 7.37. The number of aliphatic hydroxyl groups excluding tert-OH is 1. The molecule has 0 aromatic rings. The first-order chi connectivity index (χ1) is 9.04. The second-order valence-corrected chi connectivity index (χ2v) is 6.17. The fourth-order valence-electron chi connectivity index (χ4n) is 3.26. The molecule has 0 aliphatic carbocycles. The van der Waals surface area contributed by atoms with Crippen LogP contribution in [-0.4, -0.2) is 48.2 Å². The number of likely N-dealkylation sites (tertiary alicyclic amines) is 1. The van der Waals surface area contributed by atoms with Gasteiger partial charge in [0.1, 0.15) is 0 Å². The zero-order valence-corrected chi connectivity index (χ0v) is 12.1. The average molecular weight is 266 g/mol. The monoisotopic (exact) mass is 266 g/mol. The van der Waals surface area contributed by atoms with E-state index in [2.05, 4.69) is 30.1 Å². The highest BCUT2D eigenvalue weighted by atomic mass is 16.3. The second kappa shape index (κ2) is 6.06. The van der Waals surface area contributed by atoms with E-state index in [4.69, 9.17) is 0 Å². The summed E-state index contributed by atoms with van der Waals surface area (Å²) in [5, 5.41) is 13.2. The molecule has 1 spiro atoms. The number of aliphatic hydroxyl groups is 1. The Kier molecular flexibility index (Phi) is 4.63. The number of nitrogens with one attached hydrogen (secondary N) is 1. The lowest BCUT2D eigenvalue weighted by molar-refractivity contribution is -0.148. The number of hydrogen-bond acceptors (Lipinski definition) is 3. The fraction of sp³-hybridized carbons (Fsp3) is 0.800. The molecule has 0 radical (unpaired) electrons. The number of piperidine rings is 2. The molecule has 0 aromatic heterocycles. The molecule has 2 saturated heterocycles. The molecule has 0 bridgehead atoms. The van der Waals surface area contributed by atoms with E-state index in [1.54, 1.807) is 0 Å². The van der Waals surface area contributed by atoms with E-state index in [1.807, 2.05) is 0 Å². The van der Waals surface area contributed by atoms with Crippen LogP contribution in [0.25, 0.3) is 0 Å². The minimum atomic E-state index is -0.554. The van der Waals surface area contributed by atoms with Crippen molar-refractivity contribution in [2.45, 2.75) is 45.6 Å². The lowest BCUT2D eigenvalue weighted by Crippen LogP contribution is -2.61. The van der Waals surface area contributed by atoms with E-state index in [1.165, 1.54) is 5.57 Å². The van der Waals surface area contributed by atoms with Crippen molar-refractivity contribution in [1.29, 1.82) is 0 Å². The maximum atomic E-state index is 12.2. The van der Waals surface area contributed by atoms with E-state index in [-0.39, 0.29) is 5.91 Å². The van der Waals surface area contributed by atoms with Gasteiger partial charge in [-0.1, -0.05) is 11.6 Å². The molecule has 2 aliphatic heterocycles. The van der Waals surface area contributed by atoms with Crippen molar-refractivity contribution < 1.29 is 9.90 Å². The molecule has 0 unspecified atom stereocenters. The van der Waals surface area contributed by atoms with Gasteiger partial charge in [-0.05, 0) is 39.5 Å². The Labute approximate surface area is 115 Å². The first-order valence-electron chi connectivity index (χ1n) is 7.37. The number of carbonyl (C=O) groups excluding carboxylic acids is 1. The third kappa shape index (κ3) is 3.18. The molecule has 0 saturated carbocycles. The van der Waals surface area contributed by atoms with Crippen molar-refractivity contribution in [3.63, 3.8) is 0 Å². The summed E-state index contributed by atoms with van der Waals surface area (Å²) in [5.41, 5.74) is 0.781. The highest BCUT2D eigenvalue weighted by Gasteiger charge is 2.49. The zero-order chi connectivity index (χ0) is 13.9. The van der Waals surface area contributed by atoms with E-state index in [0.29, 0.717) is 13.0 Å². The van der Waals surface area contributed by atoms with Gasteiger partial charge in [-0.3, -0.25) is 4.79 Å². The highest BCUT2D eigenvalue weighted by molar-refractivity contribution is 5.84. The molecular weight excluding hydrogens is 240 g/mol. The maximum Gasteiger partial charge on any atom is 0.230 e. The van der Waals surface area contributed by atoms with E-state index in [9.17, 15) is 9.90 Å². The third-order valence-electron chi connectivity index (χ3n) is 4.40. The van der Waals surface area contributed by atoms with Crippen LogP contribution in [0.4, 0.5) is 0 Å². The number of amides is 1. The quantitative estimate of drug-likeness (QED) is 0.757. The van der Waals surface area contributed by atoms with E-state index >= 15 is 0 Å². The van der Waals surface area contributed by atoms with Crippen molar-refractivity contribution in [1.82, 2.24) is 10.2 Å². The molecule has 2 heterocycles. The Bertz CT molecular complexity index is 363. The van der Waals surface area contributed by atoms with Crippen LogP contribution < -0.4 is 5.32 Å². The van der Waals surface area contributed by atoms with Crippen LogP contribution in [0.3, 0.4) is 0 Å². The van der Waals surface area contributed by atoms with Gasteiger partial charge in [0.15, 0.2) is 0 Å². The molecule has 108 valence electrons. The number of hydrogen-bond donors (Lipinski definition) is 2. The van der Waals surface area contributed by atoms with Gasteiger partial charge in [0.2, 0.25) is 5.91 Å². The standard InChI is InChI=1S/C15H26N2O2/c1-12(2)5-3-9-17-10-6-13(18)15(11-17)7-4-8-16-14(15)19/h5,13,18H,3-4,6-11H2,1-2H3,(H,16,19)/t13-,15-/m1/s1. The number of allylic oxidation sites excluding steroid dienone is 1. The van der Waals surface area contributed by atoms with Crippen molar-refractivity contribution in [2.75, 3.05) is 26.2 Å². The van der Waals surface area contributed by atoms with Gasteiger partial charge in [0, 0.05) is 26.2 Å². The van der Waals surface area contributed by atoms with Crippen LogP contribution in [0.5, 0.6) is 0 Å². The Morgan fingerprint density at radius 2 is 2.37 bits per heavy atom. The molecule has 2 aliphatic rings. The Morgan fingerprint density at radius 1 is 1.58 bits per heavy atom. The number of nitrogens with zero attached hydrogens (tertiary/aromatic N) is 1. The van der Waals surface area contributed by atoms with Crippen molar-refractivity contribution >= 4 is 5.91 Å². The van der Waals surface area contributed by atoms with Gasteiger partial charge < -0.3 is 15.3 Å². The highest BCUT2D eigenvalue weighted by Crippen LogP contribution is 2.37. The summed E-state index contributed by atoms with van der Waals surface area (Å²) in [6.45, 7) is 7.55. The molecule has 0 aromatic carbocycles.